The Kier molecular flexibility index (Phi) is 3.18. The van der Waals surface area contributed by atoms with Crippen molar-refractivity contribution in [2.45, 2.75) is 6.04 Å². The average molecular weight is 161 g/mol. The second kappa shape index (κ2) is 4.42. The Balaban J connectivity index is 2.40. The topological polar surface area (TPSA) is 35.2 Å². The van der Waals surface area contributed by atoms with Crippen LogP contribution >= 0.6 is 0 Å². The van der Waals surface area contributed by atoms with Gasteiger partial charge in [-0.05, 0) is 12.1 Å². The van der Waals surface area contributed by atoms with Crippen molar-refractivity contribution >= 4 is 0 Å². The molecule has 1 unspecified atom stereocenters. The molecule has 0 spiro atoms. The van der Waals surface area contributed by atoms with Gasteiger partial charge in [0.25, 0.3) is 0 Å². The van der Waals surface area contributed by atoms with Gasteiger partial charge in [-0.15, -0.1) is 6.42 Å². The number of para-hydroxylation sites is 1. The summed E-state index contributed by atoms with van der Waals surface area (Å²) in [6.07, 6.45) is 5.08. The molecule has 0 aromatic heterocycles. The Hall–Kier alpha value is -1.46. The molecule has 0 bridgehead atoms. The molecule has 0 radical (unpaired) electrons. The zero-order valence-electron chi connectivity index (χ0n) is 6.73. The third-order valence-electron chi connectivity index (χ3n) is 1.39. The maximum atomic E-state index is 5.46. The highest BCUT2D eigenvalue weighted by atomic mass is 16.5. The predicted molar refractivity (Wildman–Crippen MR) is 48.7 cm³/mol. The summed E-state index contributed by atoms with van der Waals surface area (Å²) in [6.45, 7) is 0.362. The van der Waals surface area contributed by atoms with Crippen LogP contribution in [0.4, 0.5) is 0 Å². The van der Waals surface area contributed by atoms with Gasteiger partial charge < -0.3 is 10.5 Å². The number of terminal acetylenes is 1. The molecule has 62 valence electrons. The summed E-state index contributed by atoms with van der Waals surface area (Å²) in [6, 6.07) is 9.12. The van der Waals surface area contributed by atoms with Crippen molar-refractivity contribution in [1.29, 1.82) is 0 Å². The number of benzene rings is 1. The Morgan fingerprint density at radius 3 is 2.67 bits per heavy atom. The van der Waals surface area contributed by atoms with Crippen LogP contribution in [0.5, 0.6) is 5.75 Å². The van der Waals surface area contributed by atoms with Crippen LogP contribution in [0.1, 0.15) is 0 Å². The highest BCUT2D eigenvalue weighted by Gasteiger charge is 1.97. The fraction of sp³-hybridized carbons (Fsp3) is 0.200. The minimum Gasteiger partial charge on any atom is -0.491 e. The zero-order valence-corrected chi connectivity index (χ0v) is 6.73. The number of ether oxygens (including phenoxy) is 1. The van der Waals surface area contributed by atoms with Crippen LogP contribution in [0.2, 0.25) is 0 Å². The normalized spacial score (nSPS) is 11.7. The Labute approximate surface area is 72.3 Å². The van der Waals surface area contributed by atoms with E-state index in [2.05, 4.69) is 5.92 Å². The monoisotopic (exact) mass is 161 g/mol. The summed E-state index contributed by atoms with van der Waals surface area (Å²) in [5.41, 5.74) is 5.46. The van der Waals surface area contributed by atoms with E-state index < -0.39 is 0 Å². The van der Waals surface area contributed by atoms with Crippen LogP contribution in [-0.4, -0.2) is 12.6 Å². The van der Waals surface area contributed by atoms with E-state index in [1.54, 1.807) is 0 Å². The van der Waals surface area contributed by atoms with Crippen molar-refractivity contribution < 1.29 is 4.74 Å². The largest absolute Gasteiger partial charge is 0.491 e. The first kappa shape index (κ1) is 8.63. The molecule has 1 aromatic rings. The summed E-state index contributed by atoms with van der Waals surface area (Å²) in [5.74, 6) is 3.18. The molecule has 1 atom stereocenters. The molecule has 0 heterocycles. The van der Waals surface area contributed by atoms with Gasteiger partial charge in [0, 0.05) is 0 Å². The van der Waals surface area contributed by atoms with E-state index in [0.29, 0.717) is 6.61 Å². The lowest BCUT2D eigenvalue weighted by atomic mass is 10.3. The first-order valence-electron chi connectivity index (χ1n) is 3.72. The number of hydrogen-bond donors (Lipinski definition) is 1. The molecule has 0 saturated heterocycles. The Morgan fingerprint density at radius 1 is 1.42 bits per heavy atom. The van der Waals surface area contributed by atoms with Crippen molar-refractivity contribution in [3.8, 4) is 18.1 Å². The summed E-state index contributed by atoms with van der Waals surface area (Å²) < 4.78 is 5.29. The molecule has 1 aromatic carbocycles. The first-order valence-corrected chi connectivity index (χ1v) is 3.72. The lowest BCUT2D eigenvalue weighted by Crippen LogP contribution is -2.25. The van der Waals surface area contributed by atoms with E-state index in [1.807, 2.05) is 30.3 Å². The second-order valence-corrected chi connectivity index (χ2v) is 2.40. The van der Waals surface area contributed by atoms with E-state index in [1.165, 1.54) is 0 Å². The van der Waals surface area contributed by atoms with Gasteiger partial charge in [0.2, 0.25) is 0 Å². The van der Waals surface area contributed by atoms with Gasteiger partial charge in [-0.3, -0.25) is 0 Å². The van der Waals surface area contributed by atoms with Crippen LogP contribution in [-0.2, 0) is 0 Å². The molecular formula is C10H11NO. The SMILES string of the molecule is C#CC(N)COc1ccccc1. The van der Waals surface area contributed by atoms with E-state index in [4.69, 9.17) is 16.9 Å². The van der Waals surface area contributed by atoms with Crippen molar-refractivity contribution in [2.24, 2.45) is 5.73 Å². The van der Waals surface area contributed by atoms with Crippen molar-refractivity contribution in [1.82, 2.24) is 0 Å². The van der Waals surface area contributed by atoms with Crippen LogP contribution in [0.15, 0.2) is 30.3 Å². The Morgan fingerprint density at radius 2 is 2.08 bits per heavy atom. The molecule has 2 heteroatoms. The third kappa shape index (κ3) is 2.65. The lowest BCUT2D eigenvalue weighted by molar-refractivity contribution is 0.309. The second-order valence-electron chi connectivity index (χ2n) is 2.40. The van der Waals surface area contributed by atoms with Crippen molar-refractivity contribution in [2.75, 3.05) is 6.61 Å². The molecule has 0 saturated carbocycles. The van der Waals surface area contributed by atoms with Gasteiger partial charge in [-0.2, -0.15) is 0 Å². The van der Waals surface area contributed by atoms with Crippen molar-refractivity contribution in [3.05, 3.63) is 30.3 Å². The maximum absolute atomic E-state index is 5.46. The van der Waals surface area contributed by atoms with Gasteiger partial charge in [0.1, 0.15) is 18.4 Å². The molecular weight excluding hydrogens is 150 g/mol. The minimum absolute atomic E-state index is 0.329. The highest BCUT2D eigenvalue weighted by molar-refractivity contribution is 5.21. The van der Waals surface area contributed by atoms with Gasteiger partial charge >= 0.3 is 0 Å². The van der Waals surface area contributed by atoms with Crippen LogP contribution in [0, 0.1) is 12.3 Å². The molecule has 0 fully saturated rings. The molecule has 0 aliphatic carbocycles. The van der Waals surface area contributed by atoms with Gasteiger partial charge in [-0.25, -0.2) is 0 Å². The molecule has 0 aliphatic rings. The summed E-state index contributed by atoms with van der Waals surface area (Å²) >= 11 is 0. The first-order chi connectivity index (χ1) is 5.83. The highest BCUT2D eigenvalue weighted by Crippen LogP contribution is 2.07. The summed E-state index contributed by atoms with van der Waals surface area (Å²) in [4.78, 5) is 0. The quantitative estimate of drug-likeness (QED) is 0.672. The summed E-state index contributed by atoms with van der Waals surface area (Å²) in [7, 11) is 0. The van der Waals surface area contributed by atoms with Gasteiger partial charge in [0.15, 0.2) is 0 Å². The molecule has 0 amide bonds. The van der Waals surface area contributed by atoms with Crippen molar-refractivity contribution in [3.63, 3.8) is 0 Å². The molecule has 1 rings (SSSR count). The number of nitrogens with two attached hydrogens (primary N) is 1. The number of rotatable bonds is 3. The van der Waals surface area contributed by atoms with E-state index in [0.717, 1.165) is 5.75 Å². The zero-order chi connectivity index (χ0) is 8.81. The smallest absolute Gasteiger partial charge is 0.119 e. The summed E-state index contributed by atoms with van der Waals surface area (Å²) in [5, 5.41) is 0. The van der Waals surface area contributed by atoms with E-state index in [9.17, 15) is 0 Å². The molecule has 0 aliphatic heterocycles. The van der Waals surface area contributed by atoms with E-state index >= 15 is 0 Å². The molecule has 2 nitrogen and oxygen atoms in total. The Bertz CT molecular complexity index is 263. The lowest BCUT2D eigenvalue weighted by Gasteiger charge is -2.06. The van der Waals surface area contributed by atoms with E-state index in [-0.39, 0.29) is 6.04 Å². The fourth-order valence-electron chi connectivity index (χ4n) is 0.751. The number of hydrogen-bond acceptors (Lipinski definition) is 2. The maximum Gasteiger partial charge on any atom is 0.119 e. The van der Waals surface area contributed by atoms with Gasteiger partial charge in [-0.1, -0.05) is 24.1 Å². The average Bonchev–Trinajstić information content (AvgIpc) is 2.16. The minimum atomic E-state index is -0.329. The fourth-order valence-corrected chi connectivity index (χ4v) is 0.751. The third-order valence-corrected chi connectivity index (χ3v) is 1.39. The van der Waals surface area contributed by atoms with Crippen LogP contribution in [0.25, 0.3) is 0 Å². The molecule has 12 heavy (non-hydrogen) atoms. The van der Waals surface area contributed by atoms with Gasteiger partial charge in [0.05, 0.1) is 0 Å². The predicted octanol–water partition coefficient (Wildman–Crippen LogP) is 1.03. The molecule has 2 N–H and O–H groups in total. The standard InChI is InChI=1S/C10H11NO/c1-2-9(11)8-12-10-6-4-3-5-7-10/h1,3-7,9H,8,11H2. The van der Waals surface area contributed by atoms with Crippen LogP contribution in [0.3, 0.4) is 0 Å². The van der Waals surface area contributed by atoms with Crippen LogP contribution < -0.4 is 10.5 Å².